The molecule has 1 N–H and O–H groups in total. The third-order valence-electron chi connectivity index (χ3n) is 5.10. The van der Waals surface area contributed by atoms with Gasteiger partial charge in [-0.15, -0.1) is 0 Å². The van der Waals surface area contributed by atoms with Crippen LogP contribution in [-0.2, 0) is 6.18 Å². The number of anilines is 2. The number of fused-ring (bicyclic) bond motifs is 1. The van der Waals surface area contributed by atoms with Gasteiger partial charge in [-0.3, -0.25) is 19.3 Å². The predicted molar refractivity (Wildman–Crippen MR) is 107 cm³/mol. The molecule has 0 spiro atoms. The average molecular weight is 429 g/mol. The van der Waals surface area contributed by atoms with Gasteiger partial charge in [0.25, 0.3) is 11.8 Å². The van der Waals surface area contributed by atoms with E-state index in [1.165, 1.54) is 41.0 Å². The van der Waals surface area contributed by atoms with Crippen LogP contribution in [0.4, 0.5) is 24.5 Å². The molecule has 0 radical (unpaired) electrons. The molecule has 0 saturated heterocycles. The van der Waals surface area contributed by atoms with Crippen LogP contribution in [0.2, 0.25) is 0 Å². The van der Waals surface area contributed by atoms with Gasteiger partial charge in [-0.05, 0) is 49.7 Å². The zero-order valence-corrected chi connectivity index (χ0v) is 16.6. The molecule has 0 bridgehead atoms. The maximum atomic E-state index is 13.2. The van der Waals surface area contributed by atoms with E-state index in [1.807, 2.05) is 6.92 Å². The van der Waals surface area contributed by atoms with Crippen LogP contribution in [0.15, 0.2) is 48.9 Å². The first-order valence-corrected chi connectivity index (χ1v) is 9.45. The summed E-state index contributed by atoms with van der Waals surface area (Å²) in [7, 11) is 0. The van der Waals surface area contributed by atoms with Gasteiger partial charge in [0.1, 0.15) is 5.69 Å². The Hall–Kier alpha value is -3.69. The largest absolute Gasteiger partial charge is 0.416 e. The van der Waals surface area contributed by atoms with Gasteiger partial charge in [0.05, 0.1) is 35.2 Å². The van der Waals surface area contributed by atoms with Gasteiger partial charge in [-0.2, -0.15) is 18.3 Å². The van der Waals surface area contributed by atoms with E-state index in [4.69, 9.17) is 0 Å². The molecule has 1 aliphatic heterocycles. The number of amides is 2. The summed E-state index contributed by atoms with van der Waals surface area (Å²) in [5.74, 6) is -1.04. The van der Waals surface area contributed by atoms with Crippen molar-refractivity contribution >= 4 is 23.2 Å². The van der Waals surface area contributed by atoms with Crippen molar-refractivity contribution in [3.8, 4) is 0 Å². The molecule has 160 valence electrons. The minimum Gasteiger partial charge on any atom is -0.320 e. The maximum absolute atomic E-state index is 13.2. The standard InChI is InChI=1S/C21H18F3N5O2/c1-12-8-15(5-6-17(12)21(22,23)24)28-11-13(2)29-18(20(28)31)16(10-26-29)19(30)27-14-4-3-7-25-9-14/h3-10,13H,11H2,1-2H3,(H,27,30). The van der Waals surface area contributed by atoms with Crippen LogP contribution in [0.1, 0.15) is 44.9 Å². The van der Waals surface area contributed by atoms with Gasteiger partial charge in [0.15, 0.2) is 0 Å². The molecule has 4 rings (SSSR count). The topological polar surface area (TPSA) is 80.1 Å². The highest BCUT2D eigenvalue weighted by Gasteiger charge is 2.37. The van der Waals surface area contributed by atoms with E-state index in [1.54, 1.807) is 18.3 Å². The number of carbonyl (C=O) groups excluding carboxylic acids is 2. The molecular formula is C21H18F3N5O2. The monoisotopic (exact) mass is 429 g/mol. The number of pyridine rings is 1. The number of nitrogens with one attached hydrogen (secondary N) is 1. The molecule has 31 heavy (non-hydrogen) atoms. The number of benzene rings is 1. The van der Waals surface area contributed by atoms with Crippen LogP contribution in [0, 0.1) is 6.92 Å². The summed E-state index contributed by atoms with van der Waals surface area (Å²) in [5.41, 5.74) is 0.202. The van der Waals surface area contributed by atoms with Crippen molar-refractivity contribution in [3.05, 3.63) is 71.3 Å². The summed E-state index contributed by atoms with van der Waals surface area (Å²) in [6.07, 6.45) is -0.128. The van der Waals surface area contributed by atoms with Crippen LogP contribution < -0.4 is 10.2 Å². The lowest BCUT2D eigenvalue weighted by Gasteiger charge is -2.32. The number of nitrogens with zero attached hydrogens (tertiary/aromatic N) is 4. The van der Waals surface area contributed by atoms with Crippen LogP contribution in [0.5, 0.6) is 0 Å². The Kier molecular flexibility index (Phi) is 5.00. The normalized spacial score (nSPS) is 16.2. The van der Waals surface area contributed by atoms with Crippen molar-refractivity contribution in [3.63, 3.8) is 0 Å². The second-order valence-electron chi connectivity index (χ2n) is 7.31. The van der Waals surface area contributed by atoms with Gasteiger partial charge in [-0.25, -0.2) is 0 Å². The van der Waals surface area contributed by atoms with Crippen molar-refractivity contribution in [1.29, 1.82) is 0 Å². The second kappa shape index (κ2) is 7.53. The molecule has 0 aliphatic carbocycles. The lowest BCUT2D eigenvalue weighted by atomic mass is 10.0. The van der Waals surface area contributed by atoms with Gasteiger partial charge in [-0.1, -0.05) is 0 Å². The summed E-state index contributed by atoms with van der Waals surface area (Å²) in [6, 6.07) is 6.59. The summed E-state index contributed by atoms with van der Waals surface area (Å²) >= 11 is 0. The third-order valence-corrected chi connectivity index (χ3v) is 5.10. The molecule has 0 saturated carbocycles. The van der Waals surface area contributed by atoms with Gasteiger partial charge >= 0.3 is 6.18 Å². The Balaban J connectivity index is 1.68. The van der Waals surface area contributed by atoms with E-state index >= 15 is 0 Å². The average Bonchev–Trinajstić information content (AvgIpc) is 3.17. The Bertz CT molecular complexity index is 1160. The van der Waals surface area contributed by atoms with E-state index in [-0.39, 0.29) is 29.4 Å². The fraction of sp³-hybridized carbons (Fsp3) is 0.238. The van der Waals surface area contributed by atoms with Gasteiger partial charge in [0, 0.05) is 18.4 Å². The molecule has 3 aromatic rings. The fourth-order valence-corrected chi connectivity index (χ4v) is 3.62. The van der Waals surface area contributed by atoms with Crippen molar-refractivity contribution in [2.24, 2.45) is 0 Å². The van der Waals surface area contributed by atoms with Gasteiger partial charge < -0.3 is 10.2 Å². The Labute approximate surface area is 175 Å². The lowest BCUT2D eigenvalue weighted by molar-refractivity contribution is -0.138. The summed E-state index contributed by atoms with van der Waals surface area (Å²) in [4.78, 5) is 31.3. The van der Waals surface area contributed by atoms with Crippen LogP contribution in [0.25, 0.3) is 0 Å². The zero-order valence-electron chi connectivity index (χ0n) is 16.6. The van der Waals surface area contributed by atoms with E-state index < -0.39 is 23.6 Å². The number of rotatable bonds is 3. The van der Waals surface area contributed by atoms with Crippen LogP contribution in [0.3, 0.4) is 0 Å². The molecular weight excluding hydrogens is 411 g/mol. The number of halogens is 3. The zero-order chi connectivity index (χ0) is 22.3. The Morgan fingerprint density at radius 2 is 2.00 bits per heavy atom. The molecule has 7 nitrogen and oxygen atoms in total. The highest BCUT2D eigenvalue weighted by atomic mass is 19.4. The predicted octanol–water partition coefficient (Wildman–Crippen LogP) is 4.08. The van der Waals surface area contributed by atoms with E-state index in [2.05, 4.69) is 15.4 Å². The number of hydrogen-bond donors (Lipinski definition) is 1. The molecule has 1 aromatic carbocycles. The summed E-state index contributed by atoms with van der Waals surface area (Å²) in [5, 5.41) is 6.85. The van der Waals surface area contributed by atoms with E-state index in [0.717, 1.165) is 6.07 Å². The van der Waals surface area contributed by atoms with Crippen LogP contribution >= 0.6 is 0 Å². The highest BCUT2D eigenvalue weighted by Crippen LogP contribution is 2.35. The summed E-state index contributed by atoms with van der Waals surface area (Å²) < 4.78 is 40.8. The number of alkyl halides is 3. The van der Waals surface area contributed by atoms with Crippen molar-refractivity contribution in [2.45, 2.75) is 26.1 Å². The minimum absolute atomic E-state index is 0.0130. The molecule has 0 fully saturated rings. The van der Waals surface area contributed by atoms with Crippen molar-refractivity contribution in [2.75, 3.05) is 16.8 Å². The first-order valence-electron chi connectivity index (χ1n) is 9.45. The SMILES string of the molecule is Cc1cc(N2CC(C)n3ncc(C(=O)Nc4cccnc4)c3C2=O)ccc1C(F)(F)F. The van der Waals surface area contributed by atoms with E-state index in [9.17, 15) is 22.8 Å². The third kappa shape index (κ3) is 3.76. The minimum atomic E-state index is -4.47. The van der Waals surface area contributed by atoms with Crippen molar-refractivity contribution in [1.82, 2.24) is 14.8 Å². The van der Waals surface area contributed by atoms with Crippen LogP contribution in [-0.4, -0.2) is 33.1 Å². The van der Waals surface area contributed by atoms with Gasteiger partial charge in [0.2, 0.25) is 0 Å². The molecule has 2 aromatic heterocycles. The smallest absolute Gasteiger partial charge is 0.320 e. The quantitative estimate of drug-likeness (QED) is 0.681. The van der Waals surface area contributed by atoms with E-state index in [0.29, 0.717) is 11.4 Å². The lowest BCUT2D eigenvalue weighted by Crippen LogP contribution is -2.43. The number of aryl methyl sites for hydroxylation is 1. The molecule has 3 heterocycles. The first-order chi connectivity index (χ1) is 14.7. The van der Waals surface area contributed by atoms with Crippen molar-refractivity contribution < 1.29 is 22.8 Å². The molecule has 1 aliphatic rings. The number of aromatic nitrogens is 3. The number of hydrogen-bond acceptors (Lipinski definition) is 4. The fourth-order valence-electron chi connectivity index (χ4n) is 3.62. The molecule has 2 amide bonds. The number of carbonyl (C=O) groups is 2. The molecule has 1 atom stereocenters. The molecule has 1 unspecified atom stereocenters. The maximum Gasteiger partial charge on any atom is 0.416 e. The Morgan fingerprint density at radius 1 is 1.23 bits per heavy atom. The first kappa shape index (κ1) is 20.6. The second-order valence-corrected chi connectivity index (χ2v) is 7.31. The summed E-state index contributed by atoms with van der Waals surface area (Å²) in [6.45, 7) is 3.37. The Morgan fingerprint density at radius 3 is 2.65 bits per heavy atom. The molecule has 10 heteroatoms. The highest BCUT2D eigenvalue weighted by molar-refractivity contribution is 6.15.